The van der Waals surface area contributed by atoms with Gasteiger partial charge in [-0.3, -0.25) is 4.57 Å². The predicted molar refractivity (Wildman–Crippen MR) is 71.7 cm³/mol. The monoisotopic (exact) mass is 286 g/mol. The molecule has 0 amide bonds. The third kappa shape index (κ3) is 3.05. The van der Waals surface area contributed by atoms with E-state index in [2.05, 4.69) is 11.9 Å². The molecule has 0 radical (unpaired) electrons. The third-order valence-electron chi connectivity index (χ3n) is 3.34. The van der Waals surface area contributed by atoms with Crippen LogP contribution >= 0.6 is 0 Å². The predicted octanol–water partition coefficient (Wildman–Crippen LogP) is 3.93. The molecule has 0 bridgehead atoms. The second-order valence-corrected chi connectivity index (χ2v) is 4.87. The molecule has 0 aliphatic heterocycles. The molecule has 6 heteroatoms. The van der Waals surface area contributed by atoms with Crippen molar-refractivity contribution in [1.82, 2.24) is 9.55 Å². The molecule has 0 saturated carbocycles. The van der Waals surface area contributed by atoms with Gasteiger partial charge < -0.3 is 4.98 Å². The summed E-state index contributed by atoms with van der Waals surface area (Å²) in [6.45, 7) is 2.63. The van der Waals surface area contributed by atoms with Gasteiger partial charge in [-0.15, -0.1) is 0 Å². The van der Waals surface area contributed by atoms with Gasteiger partial charge in [0.2, 0.25) is 0 Å². The van der Waals surface area contributed by atoms with Gasteiger partial charge in [-0.2, -0.15) is 13.2 Å². The summed E-state index contributed by atoms with van der Waals surface area (Å²) in [5.74, 6) is 0. The number of halogens is 3. The molecule has 0 aliphatic carbocycles. The van der Waals surface area contributed by atoms with Gasteiger partial charge in [0.15, 0.2) is 0 Å². The molecule has 0 atom stereocenters. The highest BCUT2D eigenvalue weighted by molar-refractivity contribution is 5.76. The molecule has 0 aliphatic rings. The Kier molecular flexibility index (Phi) is 4.20. The number of imidazole rings is 1. The van der Waals surface area contributed by atoms with Gasteiger partial charge in [0.1, 0.15) is 0 Å². The first-order valence-electron chi connectivity index (χ1n) is 6.73. The number of aromatic amines is 1. The van der Waals surface area contributed by atoms with Crippen molar-refractivity contribution < 1.29 is 13.2 Å². The number of nitrogens with zero attached hydrogens (tertiary/aromatic N) is 1. The standard InChI is InChI=1S/C14H17F3N2O/c1-2-3-4-5-8-19-12-7-6-10(14(15,16)17)9-11(12)18-13(19)20/h6-7,9H,2-5,8H2,1H3,(H,18,20). The highest BCUT2D eigenvalue weighted by atomic mass is 19.4. The van der Waals surface area contributed by atoms with E-state index < -0.39 is 11.7 Å². The van der Waals surface area contributed by atoms with Crippen molar-refractivity contribution in [3.63, 3.8) is 0 Å². The molecule has 1 heterocycles. The van der Waals surface area contributed by atoms with Crippen molar-refractivity contribution in [1.29, 1.82) is 0 Å². The zero-order valence-corrected chi connectivity index (χ0v) is 11.3. The number of nitrogens with one attached hydrogen (secondary N) is 1. The fourth-order valence-corrected chi connectivity index (χ4v) is 2.26. The van der Waals surface area contributed by atoms with Crippen molar-refractivity contribution >= 4 is 11.0 Å². The SMILES string of the molecule is CCCCCCn1c(=O)[nH]c2cc(C(F)(F)F)ccc21. The molecule has 1 aromatic carbocycles. The largest absolute Gasteiger partial charge is 0.416 e. The van der Waals surface area contributed by atoms with Crippen LogP contribution in [0.1, 0.15) is 38.2 Å². The number of fused-ring (bicyclic) bond motifs is 1. The van der Waals surface area contributed by atoms with E-state index in [4.69, 9.17) is 0 Å². The lowest BCUT2D eigenvalue weighted by molar-refractivity contribution is -0.137. The smallest absolute Gasteiger partial charge is 0.306 e. The van der Waals surface area contributed by atoms with E-state index >= 15 is 0 Å². The van der Waals surface area contributed by atoms with Crippen molar-refractivity contribution in [2.45, 2.75) is 45.3 Å². The summed E-state index contributed by atoms with van der Waals surface area (Å²) >= 11 is 0. The number of benzene rings is 1. The lowest BCUT2D eigenvalue weighted by Gasteiger charge is -2.07. The quantitative estimate of drug-likeness (QED) is 0.831. The van der Waals surface area contributed by atoms with Crippen LogP contribution in [0, 0.1) is 0 Å². The number of alkyl halides is 3. The summed E-state index contributed by atoms with van der Waals surface area (Å²) < 4.78 is 39.3. The number of unbranched alkanes of at least 4 members (excludes halogenated alkanes) is 3. The second-order valence-electron chi connectivity index (χ2n) is 4.87. The summed E-state index contributed by atoms with van der Waals surface area (Å²) in [5.41, 5.74) is -0.333. The fraction of sp³-hybridized carbons (Fsp3) is 0.500. The lowest BCUT2D eigenvalue weighted by atomic mass is 10.2. The van der Waals surface area contributed by atoms with Crippen molar-refractivity contribution in [3.05, 3.63) is 34.2 Å². The summed E-state index contributed by atoms with van der Waals surface area (Å²) in [6, 6.07) is 3.35. The van der Waals surface area contributed by atoms with Gasteiger partial charge >= 0.3 is 11.9 Å². The number of H-pyrrole nitrogens is 1. The van der Waals surface area contributed by atoms with E-state index in [1.807, 2.05) is 0 Å². The Balaban J connectivity index is 2.28. The summed E-state index contributed by atoms with van der Waals surface area (Å²) in [4.78, 5) is 14.3. The first-order chi connectivity index (χ1) is 9.43. The molecule has 20 heavy (non-hydrogen) atoms. The average Bonchev–Trinajstić information content (AvgIpc) is 2.69. The zero-order chi connectivity index (χ0) is 14.8. The summed E-state index contributed by atoms with van der Waals surface area (Å²) in [5, 5.41) is 0. The van der Waals surface area contributed by atoms with Crippen LogP contribution in [-0.2, 0) is 12.7 Å². The topological polar surface area (TPSA) is 37.8 Å². The number of hydrogen-bond acceptors (Lipinski definition) is 1. The molecule has 1 aromatic heterocycles. The number of aromatic nitrogens is 2. The van der Waals surface area contributed by atoms with Gasteiger partial charge in [-0.25, -0.2) is 4.79 Å². The Morgan fingerprint density at radius 3 is 2.60 bits per heavy atom. The first-order valence-corrected chi connectivity index (χ1v) is 6.73. The molecule has 2 aromatic rings. The molecular weight excluding hydrogens is 269 g/mol. The molecular formula is C14H17F3N2O. The van der Waals surface area contributed by atoms with Crippen LogP contribution in [0.3, 0.4) is 0 Å². The molecule has 0 spiro atoms. The number of rotatable bonds is 5. The normalized spacial score (nSPS) is 12.2. The van der Waals surface area contributed by atoms with Crippen molar-refractivity contribution in [2.24, 2.45) is 0 Å². The van der Waals surface area contributed by atoms with Gasteiger partial charge in [0.25, 0.3) is 0 Å². The van der Waals surface area contributed by atoms with E-state index in [9.17, 15) is 18.0 Å². The minimum Gasteiger partial charge on any atom is -0.306 e. The van der Waals surface area contributed by atoms with Crippen LogP contribution in [0.25, 0.3) is 11.0 Å². The van der Waals surface area contributed by atoms with E-state index in [1.54, 1.807) is 0 Å². The lowest BCUT2D eigenvalue weighted by Crippen LogP contribution is -2.16. The highest BCUT2D eigenvalue weighted by Crippen LogP contribution is 2.30. The van der Waals surface area contributed by atoms with E-state index in [1.165, 1.54) is 10.6 Å². The maximum Gasteiger partial charge on any atom is 0.416 e. The first kappa shape index (κ1) is 14.7. The van der Waals surface area contributed by atoms with Crippen LogP contribution in [0.5, 0.6) is 0 Å². The minimum atomic E-state index is -4.39. The highest BCUT2D eigenvalue weighted by Gasteiger charge is 2.30. The molecule has 0 fully saturated rings. The van der Waals surface area contributed by atoms with Crippen LogP contribution in [0.4, 0.5) is 13.2 Å². The van der Waals surface area contributed by atoms with Crippen LogP contribution in [0.15, 0.2) is 23.0 Å². The van der Waals surface area contributed by atoms with Crippen LogP contribution < -0.4 is 5.69 Å². The maximum absolute atomic E-state index is 12.6. The van der Waals surface area contributed by atoms with Crippen molar-refractivity contribution in [2.75, 3.05) is 0 Å². The van der Waals surface area contributed by atoms with Gasteiger partial charge in [0, 0.05) is 6.54 Å². The molecule has 0 unspecified atom stereocenters. The van der Waals surface area contributed by atoms with Crippen LogP contribution in [-0.4, -0.2) is 9.55 Å². The maximum atomic E-state index is 12.6. The summed E-state index contributed by atoms with van der Waals surface area (Å²) in [6.07, 6.45) is -0.348. The van der Waals surface area contributed by atoms with Crippen molar-refractivity contribution in [3.8, 4) is 0 Å². The molecule has 3 nitrogen and oxygen atoms in total. The molecule has 0 saturated heterocycles. The van der Waals surface area contributed by atoms with E-state index in [-0.39, 0.29) is 11.2 Å². The fourth-order valence-electron chi connectivity index (χ4n) is 2.26. The third-order valence-corrected chi connectivity index (χ3v) is 3.34. The van der Waals surface area contributed by atoms with E-state index in [0.717, 1.165) is 37.8 Å². The van der Waals surface area contributed by atoms with Gasteiger partial charge in [0.05, 0.1) is 16.6 Å². The molecule has 2 rings (SSSR count). The van der Waals surface area contributed by atoms with Gasteiger partial charge in [-0.05, 0) is 24.6 Å². The Bertz CT molecular complexity index is 640. The Hall–Kier alpha value is -1.72. The minimum absolute atomic E-state index is 0.236. The van der Waals surface area contributed by atoms with E-state index in [0.29, 0.717) is 12.1 Å². The zero-order valence-electron chi connectivity index (χ0n) is 11.3. The summed E-state index contributed by atoms with van der Waals surface area (Å²) in [7, 11) is 0. The second kappa shape index (κ2) is 5.73. The average molecular weight is 286 g/mol. The molecule has 110 valence electrons. The van der Waals surface area contributed by atoms with Crippen LogP contribution in [0.2, 0.25) is 0 Å². The Labute approximate surface area is 114 Å². The number of aryl methyl sites for hydroxylation is 1. The Morgan fingerprint density at radius 2 is 1.95 bits per heavy atom. The van der Waals surface area contributed by atoms with Gasteiger partial charge in [-0.1, -0.05) is 26.2 Å². The number of hydrogen-bond donors (Lipinski definition) is 1. The molecule has 1 N–H and O–H groups in total. The Morgan fingerprint density at radius 1 is 1.20 bits per heavy atom.